The van der Waals surface area contributed by atoms with Gasteiger partial charge in [-0.25, -0.2) is 8.42 Å². The standard InChI is InChI=1S/C13H17NO4S/c1-10(18-12-5-3-2-4-6-12)13(15)14-11-7-8-19(16,17)9-11/h2-6,10-11H,7-9H2,1H3,(H,14,15). The van der Waals surface area contributed by atoms with Crippen molar-refractivity contribution in [3.8, 4) is 5.75 Å². The van der Waals surface area contributed by atoms with Gasteiger partial charge in [0.2, 0.25) is 0 Å². The van der Waals surface area contributed by atoms with E-state index < -0.39 is 15.9 Å². The van der Waals surface area contributed by atoms with Gasteiger partial charge in [-0.3, -0.25) is 4.79 Å². The Bertz CT molecular complexity index is 541. The minimum Gasteiger partial charge on any atom is -0.481 e. The largest absolute Gasteiger partial charge is 0.481 e. The fraction of sp³-hybridized carbons (Fsp3) is 0.462. The third kappa shape index (κ3) is 3.96. The number of ether oxygens (including phenoxy) is 1. The average molecular weight is 283 g/mol. The molecule has 0 spiro atoms. The van der Waals surface area contributed by atoms with Crippen LogP contribution in [0.3, 0.4) is 0 Å². The third-order valence-corrected chi connectivity index (χ3v) is 4.77. The number of nitrogens with one attached hydrogen (secondary N) is 1. The summed E-state index contributed by atoms with van der Waals surface area (Å²) in [4.78, 5) is 11.9. The minimum atomic E-state index is -2.98. The normalized spacial score (nSPS) is 22.7. The highest BCUT2D eigenvalue weighted by Crippen LogP contribution is 2.13. The molecule has 2 unspecified atom stereocenters. The van der Waals surface area contributed by atoms with Gasteiger partial charge in [0.15, 0.2) is 15.9 Å². The molecule has 1 heterocycles. The maximum Gasteiger partial charge on any atom is 0.261 e. The van der Waals surface area contributed by atoms with Crippen LogP contribution >= 0.6 is 0 Å². The fourth-order valence-electron chi connectivity index (χ4n) is 1.98. The number of carbonyl (C=O) groups excluding carboxylic acids is 1. The molecule has 0 bridgehead atoms. The first kappa shape index (κ1) is 13.9. The first-order chi connectivity index (χ1) is 8.96. The molecular weight excluding hydrogens is 266 g/mol. The molecule has 5 nitrogen and oxygen atoms in total. The Balaban J connectivity index is 1.86. The van der Waals surface area contributed by atoms with Gasteiger partial charge in [-0.05, 0) is 25.5 Å². The fourth-order valence-corrected chi connectivity index (χ4v) is 3.66. The van der Waals surface area contributed by atoms with Crippen LogP contribution in [0.5, 0.6) is 5.75 Å². The zero-order valence-corrected chi connectivity index (χ0v) is 11.5. The predicted octanol–water partition coefficient (Wildman–Crippen LogP) is 0.757. The molecule has 0 saturated carbocycles. The maximum atomic E-state index is 11.9. The molecule has 0 aliphatic carbocycles. The van der Waals surface area contributed by atoms with Crippen LogP contribution in [0.2, 0.25) is 0 Å². The molecule has 1 aromatic carbocycles. The van der Waals surface area contributed by atoms with Gasteiger partial charge < -0.3 is 10.1 Å². The first-order valence-corrected chi connectivity index (χ1v) is 8.01. The van der Waals surface area contributed by atoms with Crippen molar-refractivity contribution in [3.63, 3.8) is 0 Å². The minimum absolute atomic E-state index is 0.0246. The molecule has 1 aliphatic heterocycles. The van der Waals surface area contributed by atoms with Crippen LogP contribution in [0, 0.1) is 0 Å². The Morgan fingerprint density at radius 1 is 1.37 bits per heavy atom. The second kappa shape index (κ2) is 5.61. The second-order valence-electron chi connectivity index (χ2n) is 4.68. The summed E-state index contributed by atoms with van der Waals surface area (Å²) in [5, 5.41) is 2.71. The van der Waals surface area contributed by atoms with Gasteiger partial charge in [0, 0.05) is 6.04 Å². The molecule has 0 aromatic heterocycles. The van der Waals surface area contributed by atoms with Gasteiger partial charge in [-0.15, -0.1) is 0 Å². The molecular formula is C13H17NO4S. The van der Waals surface area contributed by atoms with Gasteiger partial charge in [-0.2, -0.15) is 0 Å². The SMILES string of the molecule is CC(Oc1ccccc1)C(=O)NC1CCS(=O)(=O)C1. The number of carbonyl (C=O) groups is 1. The van der Waals surface area contributed by atoms with Crippen molar-refractivity contribution in [3.05, 3.63) is 30.3 Å². The highest BCUT2D eigenvalue weighted by Gasteiger charge is 2.30. The van der Waals surface area contributed by atoms with Crippen LogP contribution in [0.15, 0.2) is 30.3 Å². The Hall–Kier alpha value is -1.56. The number of amides is 1. The van der Waals surface area contributed by atoms with Crippen molar-refractivity contribution in [1.29, 1.82) is 0 Å². The lowest BCUT2D eigenvalue weighted by Crippen LogP contribution is -2.43. The van der Waals surface area contributed by atoms with Crippen LogP contribution in [0.25, 0.3) is 0 Å². The van der Waals surface area contributed by atoms with Crippen molar-refractivity contribution >= 4 is 15.7 Å². The molecule has 1 amide bonds. The highest BCUT2D eigenvalue weighted by molar-refractivity contribution is 7.91. The third-order valence-electron chi connectivity index (χ3n) is 3.00. The second-order valence-corrected chi connectivity index (χ2v) is 6.91. The average Bonchev–Trinajstić information content (AvgIpc) is 2.70. The summed E-state index contributed by atoms with van der Waals surface area (Å²) in [6.45, 7) is 1.64. The molecule has 19 heavy (non-hydrogen) atoms. The molecule has 6 heteroatoms. The van der Waals surface area contributed by atoms with Crippen LogP contribution in [-0.2, 0) is 14.6 Å². The van der Waals surface area contributed by atoms with Crippen molar-refractivity contribution in [2.24, 2.45) is 0 Å². The topological polar surface area (TPSA) is 72.5 Å². The van der Waals surface area contributed by atoms with Gasteiger partial charge in [-0.1, -0.05) is 18.2 Å². The molecule has 2 rings (SSSR count). The lowest BCUT2D eigenvalue weighted by atomic mass is 10.2. The van der Waals surface area contributed by atoms with Crippen molar-refractivity contribution in [2.45, 2.75) is 25.5 Å². The van der Waals surface area contributed by atoms with E-state index in [0.29, 0.717) is 12.2 Å². The van der Waals surface area contributed by atoms with Gasteiger partial charge in [0.25, 0.3) is 5.91 Å². The van der Waals surface area contributed by atoms with E-state index in [-0.39, 0.29) is 23.5 Å². The molecule has 0 radical (unpaired) electrons. The number of benzene rings is 1. The van der Waals surface area contributed by atoms with E-state index in [1.807, 2.05) is 18.2 Å². The van der Waals surface area contributed by atoms with Gasteiger partial charge in [0.1, 0.15) is 5.75 Å². The van der Waals surface area contributed by atoms with E-state index in [2.05, 4.69) is 5.32 Å². The number of rotatable bonds is 4. The molecule has 1 N–H and O–H groups in total. The van der Waals surface area contributed by atoms with Crippen LogP contribution < -0.4 is 10.1 Å². The van der Waals surface area contributed by atoms with Crippen LogP contribution in [0.1, 0.15) is 13.3 Å². The molecule has 1 aliphatic rings. The van der Waals surface area contributed by atoms with E-state index in [0.717, 1.165) is 0 Å². The van der Waals surface area contributed by atoms with Gasteiger partial charge >= 0.3 is 0 Å². The lowest BCUT2D eigenvalue weighted by molar-refractivity contribution is -0.127. The Labute approximate surface area is 112 Å². The Morgan fingerprint density at radius 3 is 2.63 bits per heavy atom. The predicted molar refractivity (Wildman–Crippen MR) is 71.7 cm³/mol. The van der Waals surface area contributed by atoms with Crippen LogP contribution in [-0.4, -0.2) is 38.0 Å². The number of para-hydroxylation sites is 1. The van der Waals surface area contributed by atoms with Gasteiger partial charge in [0.05, 0.1) is 11.5 Å². The summed E-state index contributed by atoms with van der Waals surface area (Å²) >= 11 is 0. The molecule has 2 atom stereocenters. The van der Waals surface area contributed by atoms with Crippen molar-refractivity contribution < 1.29 is 17.9 Å². The van der Waals surface area contributed by atoms with E-state index in [1.54, 1.807) is 19.1 Å². The van der Waals surface area contributed by atoms with E-state index in [1.165, 1.54) is 0 Å². The number of sulfone groups is 1. The summed E-state index contributed by atoms with van der Waals surface area (Å²) in [5.41, 5.74) is 0. The Morgan fingerprint density at radius 2 is 2.05 bits per heavy atom. The molecule has 1 saturated heterocycles. The molecule has 104 valence electrons. The maximum absolute atomic E-state index is 11.9. The summed E-state index contributed by atoms with van der Waals surface area (Å²) in [6.07, 6.45) is -0.169. The molecule has 1 fully saturated rings. The highest BCUT2D eigenvalue weighted by atomic mass is 32.2. The zero-order chi connectivity index (χ0) is 13.9. The summed E-state index contributed by atoms with van der Waals surface area (Å²) in [6, 6.07) is 8.75. The lowest BCUT2D eigenvalue weighted by Gasteiger charge is -2.17. The van der Waals surface area contributed by atoms with E-state index >= 15 is 0 Å². The van der Waals surface area contributed by atoms with Crippen molar-refractivity contribution in [1.82, 2.24) is 5.32 Å². The summed E-state index contributed by atoms with van der Waals surface area (Å²) < 4.78 is 28.1. The number of hydrogen-bond donors (Lipinski definition) is 1. The smallest absolute Gasteiger partial charge is 0.261 e. The molecule has 1 aromatic rings. The van der Waals surface area contributed by atoms with E-state index in [9.17, 15) is 13.2 Å². The summed E-state index contributed by atoms with van der Waals surface area (Å²) in [5.74, 6) is 0.498. The quantitative estimate of drug-likeness (QED) is 0.885. The summed E-state index contributed by atoms with van der Waals surface area (Å²) in [7, 11) is -2.98. The monoisotopic (exact) mass is 283 g/mol. The van der Waals surface area contributed by atoms with Crippen molar-refractivity contribution in [2.75, 3.05) is 11.5 Å². The van der Waals surface area contributed by atoms with E-state index in [4.69, 9.17) is 4.74 Å². The van der Waals surface area contributed by atoms with Crippen LogP contribution in [0.4, 0.5) is 0 Å². The first-order valence-electron chi connectivity index (χ1n) is 6.19. The number of hydrogen-bond acceptors (Lipinski definition) is 4. The Kier molecular flexibility index (Phi) is 4.09. The zero-order valence-electron chi connectivity index (χ0n) is 10.7.